The molecule has 0 aliphatic rings. The van der Waals surface area contributed by atoms with Gasteiger partial charge in [0.25, 0.3) is 0 Å². The summed E-state index contributed by atoms with van der Waals surface area (Å²) in [7, 11) is 0. The van der Waals surface area contributed by atoms with E-state index in [9.17, 15) is 5.26 Å². The minimum absolute atomic E-state index is 0.605. The molecule has 1 aromatic heterocycles. The molecule has 0 saturated carbocycles. The third kappa shape index (κ3) is 2.63. The van der Waals surface area contributed by atoms with Gasteiger partial charge in [-0.05, 0) is 23.8 Å². The number of anilines is 1. The number of rotatable bonds is 3. The van der Waals surface area contributed by atoms with Crippen molar-refractivity contribution in [3.63, 3.8) is 0 Å². The van der Waals surface area contributed by atoms with E-state index in [1.54, 1.807) is 6.20 Å². The second-order valence-corrected chi connectivity index (χ2v) is 4.77. The van der Waals surface area contributed by atoms with Crippen molar-refractivity contribution in [2.45, 2.75) is 6.54 Å². The number of benzene rings is 2. The van der Waals surface area contributed by atoms with Crippen LogP contribution in [0.5, 0.6) is 0 Å². The second kappa shape index (κ2) is 5.51. The molecule has 21 heavy (non-hydrogen) atoms. The van der Waals surface area contributed by atoms with Gasteiger partial charge in [0, 0.05) is 23.6 Å². The van der Waals surface area contributed by atoms with Gasteiger partial charge in [-0.15, -0.1) is 0 Å². The number of aromatic nitrogens is 2. The fraction of sp³-hybridized carbons (Fsp3) is 0.0588. The lowest BCUT2D eigenvalue weighted by molar-refractivity contribution is 0.805. The summed E-state index contributed by atoms with van der Waals surface area (Å²) in [5.41, 5.74) is 9.17. The number of nitriles is 1. The molecule has 0 saturated heterocycles. The molecule has 0 amide bonds. The maximum absolute atomic E-state index is 9.18. The second-order valence-electron chi connectivity index (χ2n) is 4.77. The summed E-state index contributed by atoms with van der Waals surface area (Å²) < 4.78 is 2.02. The SMILES string of the molecule is N#Cc1ccccc1Cn1ccnc1-c1cccc(N)c1. The highest BCUT2D eigenvalue weighted by molar-refractivity contribution is 5.61. The monoisotopic (exact) mass is 274 g/mol. The maximum atomic E-state index is 9.18. The predicted molar refractivity (Wildman–Crippen MR) is 82.3 cm³/mol. The molecule has 0 bridgehead atoms. The Labute approximate surface area is 123 Å². The van der Waals surface area contributed by atoms with Crippen LogP contribution in [0.25, 0.3) is 11.4 Å². The van der Waals surface area contributed by atoms with Gasteiger partial charge in [-0.2, -0.15) is 5.26 Å². The first-order chi connectivity index (χ1) is 10.3. The number of imidazole rings is 1. The van der Waals surface area contributed by atoms with E-state index >= 15 is 0 Å². The summed E-state index contributed by atoms with van der Waals surface area (Å²) in [6.45, 7) is 0.605. The van der Waals surface area contributed by atoms with Crippen LogP contribution in [0.1, 0.15) is 11.1 Å². The first kappa shape index (κ1) is 12.9. The van der Waals surface area contributed by atoms with E-state index in [0.29, 0.717) is 17.8 Å². The van der Waals surface area contributed by atoms with Crippen LogP contribution in [0, 0.1) is 11.3 Å². The third-order valence-electron chi connectivity index (χ3n) is 3.34. The molecule has 0 radical (unpaired) electrons. The van der Waals surface area contributed by atoms with Crippen molar-refractivity contribution in [3.05, 3.63) is 72.1 Å². The van der Waals surface area contributed by atoms with E-state index in [1.807, 2.05) is 59.3 Å². The minimum Gasteiger partial charge on any atom is -0.399 e. The minimum atomic E-state index is 0.605. The molecule has 0 aliphatic heterocycles. The Hall–Kier alpha value is -3.06. The molecule has 2 N–H and O–H groups in total. The third-order valence-corrected chi connectivity index (χ3v) is 3.34. The van der Waals surface area contributed by atoms with Crippen molar-refractivity contribution in [2.24, 2.45) is 0 Å². The Balaban J connectivity index is 1.99. The van der Waals surface area contributed by atoms with Crippen LogP contribution in [-0.4, -0.2) is 9.55 Å². The highest BCUT2D eigenvalue weighted by atomic mass is 15.1. The van der Waals surface area contributed by atoms with Gasteiger partial charge in [0.15, 0.2) is 0 Å². The van der Waals surface area contributed by atoms with Crippen LogP contribution in [0.4, 0.5) is 5.69 Å². The Morgan fingerprint density at radius 2 is 2.00 bits per heavy atom. The van der Waals surface area contributed by atoms with E-state index in [2.05, 4.69) is 11.1 Å². The van der Waals surface area contributed by atoms with E-state index in [1.165, 1.54) is 0 Å². The molecular formula is C17H14N4. The van der Waals surface area contributed by atoms with Crippen molar-refractivity contribution in [3.8, 4) is 17.5 Å². The molecule has 3 rings (SSSR count). The predicted octanol–water partition coefficient (Wildman–Crippen LogP) is 3.05. The van der Waals surface area contributed by atoms with Gasteiger partial charge >= 0.3 is 0 Å². The molecular weight excluding hydrogens is 260 g/mol. The molecule has 0 spiro atoms. The summed E-state index contributed by atoms with van der Waals surface area (Å²) in [5, 5.41) is 9.18. The summed E-state index contributed by atoms with van der Waals surface area (Å²) in [5.74, 6) is 0.843. The number of hydrogen-bond donors (Lipinski definition) is 1. The van der Waals surface area contributed by atoms with Gasteiger partial charge in [-0.1, -0.05) is 30.3 Å². The van der Waals surface area contributed by atoms with Crippen LogP contribution in [0.3, 0.4) is 0 Å². The summed E-state index contributed by atoms with van der Waals surface area (Å²) in [6.07, 6.45) is 3.67. The Morgan fingerprint density at radius 1 is 1.14 bits per heavy atom. The highest BCUT2D eigenvalue weighted by Gasteiger charge is 2.08. The molecule has 1 heterocycles. The number of hydrogen-bond acceptors (Lipinski definition) is 3. The van der Waals surface area contributed by atoms with Gasteiger partial charge in [-0.3, -0.25) is 0 Å². The lowest BCUT2D eigenvalue weighted by Crippen LogP contribution is -2.03. The van der Waals surface area contributed by atoms with Crippen molar-refractivity contribution < 1.29 is 0 Å². The molecule has 0 atom stereocenters. The van der Waals surface area contributed by atoms with Crippen LogP contribution >= 0.6 is 0 Å². The topological polar surface area (TPSA) is 67.6 Å². The molecule has 4 nitrogen and oxygen atoms in total. The molecule has 2 aromatic carbocycles. The van der Waals surface area contributed by atoms with Crippen LogP contribution in [-0.2, 0) is 6.54 Å². The number of nitrogen functional groups attached to an aromatic ring is 1. The normalized spacial score (nSPS) is 10.2. The quantitative estimate of drug-likeness (QED) is 0.746. The average Bonchev–Trinajstić information content (AvgIpc) is 2.96. The smallest absolute Gasteiger partial charge is 0.140 e. The van der Waals surface area contributed by atoms with Gasteiger partial charge in [0.2, 0.25) is 0 Å². The van der Waals surface area contributed by atoms with E-state index in [4.69, 9.17) is 5.73 Å². The summed E-state index contributed by atoms with van der Waals surface area (Å²) in [6, 6.07) is 17.5. The van der Waals surface area contributed by atoms with Crippen LogP contribution in [0.15, 0.2) is 60.9 Å². The molecule has 0 fully saturated rings. The first-order valence-electron chi connectivity index (χ1n) is 6.63. The molecule has 3 aromatic rings. The van der Waals surface area contributed by atoms with Crippen LogP contribution in [0.2, 0.25) is 0 Å². The van der Waals surface area contributed by atoms with E-state index in [-0.39, 0.29) is 0 Å². The fourth-order valence-corrected chi connectivity index (χ4v) is 2.33. The van der Waals surface area contributed by atoms with Crippen molar-refractivity contribution in [2.75, 3.05) is 5.73 Å². The first-order valence-corrected chi connectivity index (χ1v) is 6.63. The zero-order valence-electron chi connectivity index (χ0n) is 11.4. The number of nitrogens with two attached hydrogens (primary N) is 1. The molecule has 0 unspecified atom stereocenters. The molecule has 4 heteroatoms. The zero-order valence-corrected chi connectivity index (χ0v) is 11.4. The van der Waals surface area contributed by atoms with Gasteiger partial charge < -0.3 is 10.3 Å². The lowest BCUT2D eigenvalue weighted by Gasteiger charge is -2.09. The van der Waals surface area contributed by atoms with E-state index < -0.39 is 0 Å². The van der Waals surface area contributed by atoms with Crippen molar-refractivity contribution >= 4 is 5.69 Å². The fourth-order valence-electron chi connectivity index (χ4n) is 2.33. The lowest BCUT2D eigenvalue weighted by atomic mass is 10.1. The standard InChI is InChI=1S/C17H14N4/c18-11-14-4-1-2-5-15(14)12-21-9-8-20-17(21)13-6-3-7-16(19)10-13/h1-10H,12,19H2. The number of nitrogens with zero attached hydrogens (tertiary/aromatic N) is 3. The van der Waals surface area contributed by atoms with E-state index in [0.717, 1.165) is 17.0 Å². The highest BCUT2D eigenvalue weighted by Crippen LogP contribution is 2.21. The Morgan fingerprint density at radius 3 is 2.81 bits per heavy atom. The Bertz CT molecular complexity index is 811. The largest absolute Gasteiger partial charge is 0.399 e. The van der Waals surface area contributed by atoms with Crippen LogP contribution < -0.4 is 5.73 Å². The average molecular weight is 274 g/mol. The van der Waals surface area contributed by atoms with Gasteiger partial charge in [0.05, 0.1) is 18.2 Å². The summed E-state index contributed by atoms with van der Waals surface area (Å²) in [4.78, 5) is 4.40. The molecule has 102 valence electrons. The Kier molecular flexibility index (Phi) is 3.40. The van der Waals surface area contributed by atoms with Gasteiger partial charge in [0.1, 0.15) is 5.82 Å². The maximum Gasteiger partial charge on any atom is 0.140 e. The van der Waals surface area contributed by atoms with Crippen molar-refractivity contribution in [1.82, 2.24) is 9.55 Å². The zero-order chi connectivity index (χ0) is 14.7. The van der Waals surface area contributed by atoms with Gasteiger partial charge in [-0.25, -0.2) is 4.98 Å². The molecule has 0 aliphatic carbocycles. The van der Waals surface area contributed by atoms with Crippen molar-refractivity contribution in [1.29, 1.82) is 5.26 Å². The summed E-state index contributed by atoms with van der Waals surface area (Å²) >= 11 is 0.